The zero-order valence-electron chi connectivity index (χ0n) is 9.12. The van der Waals surface area contributed by atoms with Crippen molar-refractivity contribution in [3.8, 4) is 0 Å². The van der Waals surface area contributed by atoms with E-state index in [0.717, 1.165) is 5.01 Å². The number of H-pyrrole nitrogens is 1. The van der Waals surface area contributed by atoms with Crippen LogP contribution >= 0.6 is 11.3 Å². The van der Waals surface area contributed by atoms with Gasteiger partial charge in [0.2, 0.25) is 0 Å². The lowest BCUT2D eigenvalue weighted by atomic mass is 10.3. The summed E-state index contributed by atoms with van der Waals surface area (Å²) < 4.78 is 26.5. The minimum absolute atomic E-state index is 0.0625. The zero-order chi connectivity index (χ0) is 12.3. The van der Waals surface area contributed by atoms with Gasteiger partial charge in [0.1, 0.15) is 5.01 Å². The predicted molar refractivity (Wildman–Crippen MR) is 64.1 cm³/mol. The largest absolute Gasteiger partial charge is 0.335 e. The van der Waals surface area contributed by atoms with Crippen LogP contribution in [0.3, 0.4) is 0 Å². The Balaban J connectivity index is 2.20. The van der Waals surface area contributed by atoms with Crippen LogP contribution in [0.25, 0.3) is 0 Å². The number of sulfonamides is 1. The molecule has 1 unspecified atom stereocenters. The molecule has 0 amide bonds. The summed E-state index contributed by atoms with van der Waals surface area (Å²) >= 11 is 1.43. The van der Waals surface area contributed by atoms with Crippen LogP contribution in [0.15, 0.2) is 29.1 Å². The minimum Gasteiger partial charge on any atom is -0.335 e. The second-order valence-electron chi connectivity index (χ2n) is 3.37. The summed E-state index contributed by atoms with van der Waals surface area (Å²) in [5.41, 5.74) is 0. The fourth-order valence-corrected chi connectivity index (χ4v) is 3.39. The molecule has 2 heterocycles. The number of thiazole rings is 1. The van der Waals surface area contributed by atoms with Crippen molar-refractivity contribution < 1.29 is 8.42 Å². The summed E-state index contributed by atoms with van der Waals surface area (Å²) in [4.78, 5) is 10.4. The Kier molecular flexibility index (Phi) is 3.55. The van der Waals surface area contributed by atoms with Crippen LogP contribution in [-0.2, 0) is 10.0 Å². The number of hydrogen-bond acceptors (Lipinski definition) is 5. The smallest absolute Gasteiger partial charge is 0.258 e. The van der Waals surface area contributed by atoms with Crippen LogP contribution in [0.4, 0.5) is 0 Å². The normalized spacial score (nSPS) is 13.7. The lowest BCUT2D eigenvalue weighted by Gasteiger charge is -2.13. The molecule has 2 aromatic rings. The standard InChI is InChI=1S/C9H12N4O2S2/c1-2-7(9-11-3-4-16-9)13-17(14,15)8-5-10-6-12-8/h3-7,13H,2H2,1H3,(H,10,12). The van der Waals surface area contributed by atoms with E-state index in [1.807, 2.05) is 12.3 Å². The van der Waals surface area contributed by atoms with Gasteiger partial charge in [0.15, 0.2) is 5.03 Å². The quantitative estimate of drug-likeness (QED) is 0.858. The van der Waals surface area contributed by atoms with Gasteiger partial charge in [-0.3, -0.25) is 0 Å². The number of aromatic nitrogens is 3. The third-order valence-corrected chi connectivity index (χ3v) is 4.50. The summed E-state index contributed by atoms with van der Waals surface area (Å²) in [6.45, 7) is 1.90. The summed E-state index contributed by atoms with van der Waals surface area (Å²) in [6.07, 6.45) is 4.91. The van der Waals surface area contributed by atoms with Crippen LogP contribution in [0, 0.1) is 0 Å². The van der Waals surface area contributed by atoms with Crippen molar-refractivity contribution in [1.29, 1.82) is 0 Å². The fourth-order valence-electron chi connectivity index (χ4n) is 1.36. The Bertz CT molecular complexity index is 548. The van der Waals surface area contributed by atoms with E-state index in [0.29, 0.717) is 6.42 Å². The average Bonchev–Trinajstić information content (AvgIpc) is 2.97. The fraction of sp³-hybridized carbons (Fsp3) is 0.333. The van der Waals surface area contributed by atoms with Gasteiger partial charge in [-0.2, -0.15) is 4.72 Å². The van der Waals surface area contributed by atoms with Crippen molar-refractivity contribution in [1.82, 2.24) is 19.7 Å². The van der Waals surface area contributed by atoms with Crippen molar-refractivity contribution in [2.24, 2.45) is 0 Å². The molecule has 0 aliphatic heterocycles. The molecule has 0 aromatic carbocycles. The number of hydrogen-bond donors (Lipinski definition) is 2. The van der Waals surface area contributed by atoms with Crippen LogP contribution < -0.4 is 4.72 Å². The first-order chi connectivity index (χ1) is 8.13. The summed E-state index contributed by atoms with van der Waals surface area (Å²) in [5.74, 6) is 0. The molecule has 0 aliphatic carbocycles. The maximum atomic E-state index is 12.0. The molecule has 0 saturated heterocycles. The maximum absolute atomic E-state index is 12.0. The van der Waals surface area contributed by atoms with Crippen LogP contribution in [0.1, 0.15) is 24.4 Å². The highest BCUT2D eigenvalue weighted by molar-refractivity contribution is 7.89. The highest BCUT2D eigenvalue weighted by atomic mass is 32.2. The Morgan fingerprint density at radius 1 is 1.59 bits per heavy atom. The molecular weight excluding hydrogens is 260 g/mol. The minimum atomic E-state index is -3.56. The molecule has 0 radical (unpaired) electrons. The van der Waals surface area contributed by atoms with Crippen molar-refractivity contribution in [3.05, 3.63) is 29.1 Å². The highest BCUT2D eigenvalue weighted by Crippen LogP contribution is 2.20. The van der Waals surface area contributed by atoms with Gasteiger partial charge in [-0.1, -0.05) is 6.92 Å². The average molecular weight is 272 g/mol. The first-order valence-corrected chi connectivity index (χ1v) is 7.40. The van der Waals surface area contributed by atoms with Gasteiger partial charge in [0.05, 0.1) is 18.6 Å². The maximum Gasteiger partial charge on any atom is 0.258 e. The van der Waals surface area contributed by atoms with Crippen LogP contribution in [0.5, 0.6) is 0 Å². The van der Waals surface area contributed by atoms with Gasteiger partial charge < -0.3 is 4.98 Å². The second kappa shape index (κ2) is 4.94. The van der Waals surface area contributed by atoms with E-state index in [4.69, 9.17) is 0 Å². The molecule has 0 fully saturated rings. The van der Waals surface area contributed by atoms with E-state index in [1.165, 1.54) is 23.9 Å². The molecular formula is C9H12N4O2S2. The molecule has 0 spiro atoms. The van der Waals surface area contributed by atoms with Gasteiger partial charge in [0.25, 0.3) is 10.0 Å². The predicted octanol–water partition coefficient (Wildman–Crippen LogP) is 1.30. The summed E-state index contributed by atoms with van der Waals surface area (Å²) in [5, 5.41) is 2.64. The second-order valence-corrected chi connectivity index (χ2v) is 5.98. The topological polar surface area (TPSA) is 87.7 Å². The SMILES string of the molecule is CCC(NS(=O)(=O)c1cnc[nH]1)c1nccs1. The van der Waals surface area contributed by atoms with Crippen molar-refractivity contribution in [2.75, 3.05) is 0 Å². The number of aromatic amines is 1. The van der Waals surface area contributed by atoms with Gasteiger partial charge >= 0.3 is 0 Å². The molecule has 0 aliphatic rings. The lowest BCUT2D eigenvalue weighted by molar-refractivity contribution is 0.546. The van der Waals surface area contributed by atoms with Gasteiger partial charge in [0, 0.05) is 11.6 Å². The number of rotatable bonds is 5. The van der Waals surface area contributed by atoms with Crippen LogP contribution in [0.2, 0.25) is 0 Å². The molecule has 92 valence electrons. The van der Waals surface area contributed by atoms with E-state index >= 15 is 0 Å². The van der Waals surface area contributed by atoms with E-state index in [1.54, 1.807) is 6.20 Å². The Labute approximate surface area is 103 Å². The Morgan fingerprint density at radius 2 is 2.41 bits per heavy atom. The van der Waals surface area contributed by atoms with E-state index in [9.17, 15) is 8.42 Å². The first kappa shape index (κ1) is 12.2. The number of imidazole rings is 1. The molecule has 0 bridgehead atoms. The first-order valence-electron chi connectivity index (χ1n) is 5.03. The van der Waals surface area contributed by atoms with E-state index in [-0.39, 0.29) is 11.1 Å². The Hall–Kier alpha value is -1.25. The van der Waals surface area contributed by atoms with E-state index in [2.05, 4.69) is 19.7 Å². The molecule has 8 heteroatoms. The number of nitrogens with zero attached hydrogens (tertiary/aromatic N) is 2. The van der Waals surface area contributed by atoms with Crippen molar-refractivity contribution >= 4 is 21.4 Å². The monoisotopic (exact) mass is 272 g/mol. The van der Waals surface area contributed by atoms with Crippen molar-refractivity contribution in [2.45, 2.75) is 24.4 Å². The van der Waals surface area contributed by atoms with Crippen molar-refractivity contribution in [3.63, 3.8) is 0 Å². The number of nitrogens with one attached hydrogen (secondary N) is 2. The molecule has 2 aromatic heterocycles. The summed E-state index contributed by atoms with van der Waals surface area (Å²) in [7, 11) is -3.56. The molecule has 0 saturated carbocycles. The third-order valence-electron chi connectivity index (χ3n) is 2.22. The molecule has 2 N–H and O–H groups in total. The third kappa shape index (κ3) is 2.71. The molecule has 1 atom stereocenters. The molecule has 2 rings (SSSR count). The molecule has 17 heavy (non-hydrogen) atoms. The van der Waals surface area contributed by atoms with Gasteiger partial charge in [-0.05, 0) is 6.42 Å². The summed E-state index contributed by atoms with van der Waals surface area (Å²) in [6, 6.07) is -0.303. The Morgan fingerprint density at radius 3 is 2.94 bits per heavy atom. The highest BCUT2D eigenvalue weighted by Gasteiger charge is 2.22. The lowest BCUT2D eigenvalue weighted by Crippen LogP contribution is -2.28. The van der Waals surface area contributed by atoms with Gasteiger partial charge in [-0.25, -0.2) is 18.4 Å². The molecule has 6 nitrogen and oxygen atoms in total. The van der Waals surface area contributed by atoms with Crippen LogP contribution in [-0.4, -0.2) is 23.4 Å². The van der Waals surface area contributed by atoms with E-state index < -0.39 is 10.0 Å². The zero-order valence-corrected chi connectivity index (χ0v) is 10.8. The van der Waals surface area contributed by atoms with Gasteiger partial charge in [-0.15, -0.1) is 11.3 Å².